The number of rotatable bonds is 4. The highest BCUT2D eigenvalue weighted by molar-refractivity contribution is 5.62. The fourth-order valence-corrected chi connectivity index (χ4v) is 1.46. The summed E-state index contributed by atoms with van der Waals surface area (Å²) in [5, 5.41) is 19.5. The molecule has 1 aromatic carbocycles. The number of hydrogen-bond acceptors (Lipinski definition) is 4. The number of H-pyrrole nitrogens is 1. The van der Waals surface area contributed by atoms with Gasteiger partial charge in [0, 0.05) is 30.4 Å². The van der Waals surface area contributed by atoms with Gasteiger partial charge in [0.05, 0.1) is 11.1 Å². The van der Waals surface area contributed by atoms with Gasteiger partial charge in [0.25, 0.3) is 0 Å². The van der Waals surface area contributed by atoms with Gasteiger partial charge >= 0.3 is 5.69 Å². The lowest BCUT2D eigenvalue weighted by molar-refractivity contribution is -0.386. The number of aromatic amines is 1. The molecule has 0 radical (unpaired) electrons. The fourth-order valence-electron chi connectivity index (χ4n) is 1.46. The molecule has 2 rings (SSSR count). The first-order valence-electron chi connectivity index (χ1n) is 4.93. The van der Waals surface area contributed by atoms with Gasteiger partial charge in [0.15, 0.2) is 0 Å². The van der Waals surface area contributed by atoms with Crippen molar-refractivity contribution in [2.24, 2.45) is 0 Å². The van der Waals surface area contributed by atoms with E-state index < -0.39 is 22.2 Å². The lowest BCUT2D eigenvalue weighted by Crippen LogP contribution is -2.04. The summed E-state index contributed by atoms with van der Waals surface area (Å²) in [6.45, 7) is 0.167. The molecule has 0 spiro atoms. The third-order valence-corrected chi connectivity index (χ3v) is 2.25. The van der Waals surface area contributed by atoms with Crippen LogP contribution in [-0.4, -0.2) is 15.1 Å². The van der Waals surface area contributed by atoms with E-state index in [1.54, 1.807) is 6.20 Å². The Kier molecular flexibility index (Phi) is 3.18. The van der Waals surface area contributed by atoms with Crippen molar-refractivity contribution in [3.63, 3.8) is 0 Å². The maximum Gasteiger partial charge on any atom is 0.327 e. The monoisotopic (exact) mass is 254 g/mol. The predicted molar refractivity (Wildman–Crippen MR) is 58.9 cm³/mol. The SMILES string of the molecule is O=[N+]([O-])c1c(F)cc(F)cc1NCc1cn[nH]c1. The largest absolute Gasteiger partial charge is 0.375 e. The standard InChI is InChI=1S/C10H8F2N4O2/c11-7-1-8(12)10(16(17)18)9(2-7)13-3-6-4-14-15-5-6/h1-2,4-5,13H,3H2,(H,14,15). The highest BCUT2D eigenvalue weighted by atomic mass is 19.1. The van der Waals surface area contributed by atoms with E-state index in [-0.39, 0.29) is 12.2 Å². The number of benzene rings is 1. The molecule has 0 saturated carbocycles. The van der Waals surface area contributed by atoms with Crippen LogP contribution in [0.5, 0.6) is 0 Å². The second-order valence-electron chi connectivity index (χ2n) is 3.50. The molecule has 1 aromatic heterocycles. The number of halogens is 2. The summed E-state index contributed by atoms with van der Waals surface area (Å²) < 4.78 is 26.3. The van der Waals surface area contributed by atoms with E-state index >= 15 is 0 Å². The van der Waals surface area contributed by atoms with Crippen LogP contribution in [0.15, 0.2) is 24.5 Å². The molecule has 0 amide bonds. The third kappa shape index (κ3) is 2.42. The molecule has 18 heavy (non-hydrogen) atoms. The van der Waals surface area contributed by atoms with Crippen LogP contribution in [-0.2, 0) is 6.54 Å². The topological polar surface area (TPSA) is 83.8 Å². The van der Waals surface area contributed by atoms with Gasteiger partial charge in [-0.1, -0.05) is 0 Å². The van der Waals surface area contributed by atoms with Gasteiger partial charge in [-0.3, -0.25) is 15.2 Å². The smallest absolute Gasteiger partial charge is 0.327 e. The Morgan fingerprint density at radius 2 is 2.22 bits per heavy atom. The van der Waals surface area contributed by atoms with E-state index in [9.17, 15) is 18.9 Å². The molecule has 0 aliphatic heterocycles. The number of nitro benzene ring substituents is 1. The van der Waals surface area contributed by atoms with Gasteiger partial charge < -0.3 is 5.32 Å². The van der Waals surface area contributed by atoms with Crippen molar-refractivity contribution in [2.45, 2.75) is 6.54 Å². The lowest BCUT2D eigenvalue weighted by atomic mass is 10.2. The zero-order chi connectivity index (χ0) is 13.1. The molecule has 1 heterocycles. The van der Waals surface area contributed by atoms with E-state index in [0.717, 1.165) is 6.07 Å². The summed E-state index contributed by atoms with van der Waals surface area (Å²) in [4.78, 5) is 9.80. The maximum atomic E-state index is 13.3. The van der Waals surface area contributed by atoms with Crippen molar-refractivity contribution < 1.29 is 13.7 Å². The van der Waals surface area contributed by atoms with Crippen molar-refractivity contribution in [3.8, 4) is 0 Å². The minimum absolute atomic E-state index is 0.167. The number of nitrogens with one attached hydrogen (secondary N) is 2. The second-order valence-corrected chi connectivity index (χ2v) is 3.50. The van der Waals surface area contributed by atoms with Gasteiger partial charge in [-0.25, -0.2) is 4.39 Å². The van der Waals surface area contributed by atoms with Crippen molar-refractivity contribution in [1.29, 1.82) is 0 Å². The van der Waals surface area contributed by atoms with E-state index in [0.29, 0.717) is 11.6 Å². The van der Waals surface area contributed by atoms with Gasteiger partial charge in [-0.05, 0) is 0 Å². The number of nitrogens with zero attached hydrogens (tertiary/aromatic N) is 2. The van der Waals surface area contributed by atoms with Crippen molar-refractivity contribution in [3.05, 3.63) is 51.8 Å². The van der Waals surface area contributed by atoms with Gasteiger partial charge in [-0.2, -0.15) is 9.49 Å². The minimum atomic E-state index is -1.21. The highest BCUT2D eigenvalue weighted by Gasteiger charge is 2.21. The molecule has 0 unspecified atom stereocenters. The molecule has 0 aliphatic rings. The van der Waals surface area contributed by atoms with Crippen molar-refractivity contribution >= 4 is 11.4 Å². The predicted octanol–water partition coefficient (Wildman–Crippen LogP) is 2.21. The molecular weight excluding hydrogens is 246 g/mol. The van der Waals surface area contributed by atoms with Crippen molar-refractivity contribution in [2.75, 3.05) is 5.32 Å². The average molecular weight is 254 g/mol. The number of aromatic nitrogens is 2. The van der Waals surface area contributed by atoms with Crippen LogP contribution in [0.3, 0.4) is 0 Å². The molecule has 6 nitrogen and oxygen atoms in total. The van der Waals surface area contributed by atoms with E-state index in [1.807, 2.05) is 0 Å². The van der Waals surface area contributed by atoms with Gasteiger partial charge in [0.2, 0.25) is 5.82 Å². The molecule has 0 atom stereocenters. The van der Waals surface area contributed by atoms with Crippen LogP contribution < -0.4 is 5.32 Å². The average Bonchev–Trinajstić information content (AvgIpc) is 2.77. The molecule has 2 N–H and O–H groups in total. The molecule has 94 valence electrons. The van der Waals surface area contributed by atoms with E-state index in [2.05, 4.69) is 15.5 Å². The molecule has 0 saturated heterocycles. The molecule has 0 fully saturated rings. The van der Waals surface area contributed by atoms with Crippen molar-refractivity contribution in [1.82, 2.24) is 10.2 Å². The summed E-state index contributed by atoms with van der Waals surface area (Å²) in [5.41, 5.74) is -0.285. The Bertz CT molecular complexity index is 572. The van der Waals surface area contributed by atoms with E-state index in [4.69, 9.17) is 0 Å². The number of anilines is 1. The summed E-state index contributed by atoms with van der Waals surface area (Å²) in [5.74, 6) is -2.09. The zero-order valence-corrected chi connectivity index (χ0v) is 8.98. The quantitative estimate of drug-likeness (QED) is 0.647. The Hall–Kier alpha value is -2.51. The van der Waals surface area contributed by atoms with Crippen LogP contribution in [0.25, 0.3) is 0 Å². The number of hydrogen-bond donors (Lipinski definition) is 2. The minimum Gasteiger partial charge on any atom is -0.375 e. The first-order valence-corrected chi connectivity index (χ1v) is 4.93. The molecule has 0 aliphatic carbocycles. The lowest BCUT2D eigenvalue weighted by Gasteiger charge is -2.06. The summed E-state index contributed by atoms with van der Waals surface area (Å²) in [6, 6.07) is 1.35. The molecular formula is C10H8F2N4O2. The van der Waals surface area contributed by atoms with Gasteiger partial charge in [0.1, 0.15) is 11.5 Å². The summed E-state index contributed by atoms with van der Waals surface area (Å²) in [7, 11) is 0. The molecule has 8 heteroatoms. The maximum absolute atomic E-state index is 13.3. The van der Waals surface area contributed by atoms with Crippen LogP contribution in [0.1, 0.15) is 5.56 Å². The van der Waals surface area contributed by atoms with E-state index in [1.165, 1.54) is 6.20 Å². The third-order valence-electron chi connectivity index (χ3n) is 2.25. The second kappa shape index (κ2) is 4.78. The van der Waals surface area contributed by atoms with Crippen LogP contribution in [0.4, 0.5) is 20.2 Å². The molecule has 0 bridgehead atoms. The van der Waals surface area contributed by atoms with Crippen LogP contribution in [0.2, 0.25) is 0 Å². The molecule has 2 aromatic rings. The van der Waals surface area contributed by atoms with Crippen LogP contribution >= 0.6 is 0 Å². The number of nitro groups is 1. The highest BCUT2D eigenvalue weighted by Crippen LogP contribution is 2.29. The fraction of sp³-hybridized carbons (Fsp3) is 0.100. The summed E-state index contributed by atoms with van der Waals surface area (Å²) in [6.07, 6.45) is 3.06. The Labute approximate surface area is 99.8 Å². The van der Waals surface area contributed by atoms with Crippen LogP contribution in [0, 0.1) is 21.7 Å². The Morgan fingerprint density at radius 3 is 2.83 bits per heavy atom. The first kappa shape index (κ1) is 12.0. The zero-order valence-electron chi connectivity index (χ0n) is 8.98. The summed E-state index contributed by atoms with van der Waals surface area (Å²) >= 11 is 0. The normalized spacial score (nSPS) is 10.3. The van der Waals surface area contributed by atoms with Gasteiger partial charge in [-0.15, -0.1) is 0 Å². The first-order chi connectivity index (χ1) is 8.58. The Morgan fingerprint density at radius 1 is 1.44 bits per heavy atom. The Balaban J connectivity index is 2.28.